The fraction of sp³-hybridized carbons (Fsp3) is 0.188. The number of nitrogens with zero attached hydrogens (tertiary/aromatic N) is 1. The number of aromatic carboxylic acids is 1. The fourth-order valence-electron chi connectivity index (χ4n) is 1.93. The van der Waals surface area contributed by atoms with Crippen molar-refractivity contribution in [2.45, 2.75) is 0 Å². The summed E-state index contributed by atoms with van der Waals surface area (Å²) in [6, 6.07) is 6.98. The van der Waals surface area contributed by atoms with Gasteiger partial charge in [-0.05, 0) is 18.2 Å². The molecule has 0 bridgehead atoms. The van der Waals surface area contributed by atoms with E-state index in [-0.39, 0.29) is 5.56 Å². The molecular formula is C16H16N2O7. The number of carboxylic acids is 1. The number of ether oxygens (including phenoxy) is 2. The number of anilines is 1. The minimum atomic E-state index is -1.22. The standard InChI is InChI=1S/C16H16N2O7/c1-23-12-5-4-11(7-13(12)24-2)17-14(19)9-25-18-8-10(16(21)22)3-6-15(18)20/h3-8H,9H2,1-2H3,(H,17,19)(H,21,22). The molecule has 25 heavy (non-hydrogen) atoms. The average Bonchev–Trinajstić information content (AvgIpc) is 2.60. The van der Waals surface area contributed by atoms with Crippen LogP contribution in [-0.2, 0) is 4.79 Å². The molecule has 0 fully saturated rings. The van der Waals surface area contributed by atoms with Gasteiger partial charge >= 0.3 is 5.97 Å². The van der Waals surface area contributed by atoms with Crippen LogP contribution in [0.3, 0.4) is 0 Å². The number of carbonyl (C=O) groups is 2. The summed E-state index contributed by atoms with van der Waals surface area (Å²) in [7, 11) is 2.96. The Bertz CT molecular complexity index is 845. The molecule has 1 aromatic carbocycles. The zero-order chi connectivity index (χ0) is 18.4. The molecule has 0 unspecified atom stereocenters. The first kappa shape index (κ1) is 17.9. The Morgan fingerprint density at radius 3 is 2.48 bits per heavy atom. The number of carbonyl (C=O) groups excluding carboxylic acids is 1. The molecule has 2 N–H and O–H groups in total. The maximum Gasteiger partial charge on any atom is 0.337 e. The third kappa shape index (κ3) is 4.50. The number of carboxylic acid groups (broad SMARTS) is 1. The Kier molecular flexibility index (Phi) is 5.62. The van der Waals surface area contributed by atoms with Crippen molar-refractivity contribution in [3.05, 3.63) is 52.4 Å². The molecule has 2 aromatic rings. The summed E-state index contributed by atoms with van der Waals surface area (Å²) in [5.74, 6) is -0.813. The van der Waals surface area contributed by atoms with Gasteiger partial charge in [0, 0.05) is 17.8 Å². The Morgan fingerprint density at radius 1 is 1.12 bits per heavy atom. The van der Waals surface area contributed by atoms with Gasteiger partial charge in [-0.2, -0.15) is 4.73 Å². The lowest BCUT2D eigenvalue weighted by molar-refractivity contribution is -0.120. The second-order valence-corrected chi connectivity index (χ2v) is 4.78. The fourth-order valence-corrected chi connectivity index (χ4v) is 1.93. The van der Waals surface area contributed by atoms with Gasteiger partial charge in [0.2, 0.25) is 0 Å². The van der Waals surface area contributed by atoms with Crippen LogP contribution in [0.2, 0.25) is 0 Å². The van der Waals surface area contributed by atoms with Gasteiger partial charge in [-0.15, -0.1) is 0 Å². The van der Waals surface area contributed by atoms with E-state index >= 15 is 0 Å². The summed E-state index contributed by atoms with van der Waals surface area (Å²) in [5.41, 5.74) is -0.290. The predicted octanol–water partition coefficient (Wildman–Crippen LogP) is 0.631. The van der Waals surface area contributed by atoms with Crippen molar-refractivity contribution in [3.63, 3.8) is 0 Å². The SMILES string of the molecule is COc1ccc(NC(=O)COn2cc(C(=O)O)ccc2=O)cc1OC. The van der Waals surface area contributed by atoms with E-state index in [9.17, 15) is 14.4 Å². The molecule has 1 amide bonds. The third-order valence-electron chi connectivity index (χ3n) is 3.13. The van der Waals surface area contributed by atoms with E-state index in [0.717, 1.165) is 18.3 Å². The van der Waals surface area contributed by atoms with E-state index < -0.39 is 24.0 Å². The number of methoxy groups -OCH3 is 2. The molecule has 0 aliphatic rings. The van der Waals surface area contributed by atoms with Crippen LogP contribution in [0.4, 0.5) is 5.69 Å². The lowest BCUT2D eigenvalue weighted by Gasteiger charge is -2.11. The molecule has 0 atom stereocenters. The van der Waals surface area contributed by atoms with Crippen molar-refractivity contribution in [2.24, 2.45) is 0 Å². The molecule has 0 spiro atoms. The number of benzene rings is 1. The number of rotatable bonds is 7. The van der Waals surface area contributed by atoms with Gasteiger partial charge in [0.05, 0.1) is 26.0 Å². The van der Waals surface area contributed by atoms with Crippen molar-refractivity contribution in [1.29, 1.82) is 0 Å². The minimum Gasteiger partial charge on any atom is -0.493 e. The number of amides is 1. The molecule has 1 aromatic heterocycles. The number of nitrogens with one attached hydrogen (secondary N) is 1. The Hall–Kier alpha value is -3.49. The number of hydrogen-bond acceptors (Lipinski definition) is 6. The topological polar surface area (TPSA) is 116 Å². The van der Waals surface area contributed by atoms with Crippen LogP contribution in [0.1, 0.15) is 10.4 Å². The highest BCUT2D eigenvalue weighted by Crippen LogP contribution is 2.29. The maximum atomic E-state index is 11.9. The summed E-state index contributed by atoms with van der Waals surface area (Å²) in [4.78, 5) is 39.5. The van der Waals surface area contributed by atoms with Crippen LogP contribution in [0.5, 0.6) is 11.5 Å². The Balaban J connectivity index is 2.03. The van der Waals surface area contributed by atoms with Gasteiger partial charge in [-0.25, -0.2) is 4.79 Å². The van der Waals surface area contributed by atoms with Crippen LogP contribution >= 0.6 is 0 Å². The van der Waals surface area contributed by atoms with E-state index in [0.29, 0.717) is 21.9 Å². The highest BCUT2D eigenvalue weighted by Gasteiger charge is 2.10. The molecule has 1 heterocycles. The number of hydrogen-bond donors (Lipinski definition) is 2. The van der Waals surface area contributed by atoms with Crippen LogP contribution in [0.15, 0.2) is 41.3 Å². The van der Waals surface area contributed by atoms with Crippen molar-refractivity contribution in [3.8, 4) is 11.5 Å². The molecule has 0 radical (unpaired) electrons. The smallest absolute Gasteiger partial charge is 0.337 e. The van der Waals surface area contributed by atoms with E-state index in [4.69, 9.17) is 19.4 Å². The van der Waals surface area contributed by atoms with Gasteiger partial charge in [-0.1, -0.05) is 0 Å². The summed E-state index contributed by atoms with van der Waals surface area (Å²) >= 11 is 0. The Morgan fingerprint density at radius 2 is 1.84 bits per heavy atom. The second-order valence-electron chi connectivity index (χ2n) is 4.78. The average molecular weight is 348 g/mol. The summed E-state index contributed by atoms with van der Waals surface area (Å²) < 4.78 is 10.9. The normalized spacial score (nSPS) is 10.0. The molecule has 0 saturated heterocycles. The van der Waals surface area contributed by atoms with Crippen molar-refractivity contribution >= 4 is 17.6 Å². The largest absolute Gasteiger partial charge is 0.493 e. The van der Waals surface area contributed by atoms with Crippen molar-refractivity contribution in [2.75, 3.05) is 26.1 Å². The summed E-state index contributed by atoms with van der Waals surface area (Å²) in [6.45, 7) is -0.489. The molecule has 0 saturated carbocycles. The zero-order valence-electron chi connectivity index (χ0n) is 13.5. The molecule has 2 rings (SSSR count). The highest BCUT2D eigenvalue weighted by molar-refractivity contribution is 5.92. The lowest BCUT2D eigenvalue weighted by Crippen LogP contribution is -2.32. The zero-order valence-corrected chi connectivity index (χ0v) is 13.5. The molecular weight excluding hydrogens is 332 g/mol. The second kappa shape index (κ2) is 7.86. The van der Waals surface area contributed by atoms with Crippen LogP contribution in [0, 0.1) is 0 Å². The quantitative estimate of drug-likeness (QED) is 0.754. The monoisotopic (exact) mass is 348 g/mol. The van der Waals surface area contributed by atoms with Crippen LogP contribution in [-0.4, -0.2) is 42.5 Å². The summed E-state index contributed by atoms with van der Waals surface area (Å²) in [6.07, 6.45) is 0.994. The molecule has 9 heteroatoms. The van der Waals surface area contributed by atoms with E-state index in [2.05, 4.69) is 5.32 Å². The molecule has 0 aliphatic carbocycles. The van der Waals surface area contributed by atoms with Gasteiger partial charge < -0.3 is 24.7 Å². The van der Waals surface area contributed by atoms with E-state index in [1.807, 2.05) is 0 Å². The lowest BCUT2D eigenvalue weighted by atomic mass is 10.2. The van der Waals surface area contributed by atoms with Crippen molar-refractivity contribution in [1.82, 2.24) is 4.73 Å². The Labute approximate surface area is 142 Å². The van der Waals surface area contributed by atoms with Crippen LogP contribution < -0.4 is 25.2 Å². The third-order valence-corrected chi connectivity index (χ3v) is 3.13. The molecule has 9 nitrogen and oxygen atoms in total. The summed E-state index contributed by atoms with van der Waals surface area (Å²) in [5, 5.41) is 11.5. The van der Waals surface area contributed by atoms with Gasteiger partial charge in [0.25, 0.3) is 11.5 Å². The van der Waals surface area contributed by atoms with Gasteiger partial charge in [-0.3, -0.25) is 9.59 Å². The van der Waals surface area contributed by atoms with E-state index in [1.54, 1.807) is 18.2 Å². The number of pyridine rings is 1. The van der Waals surface area contributed by atoms with Crippen molar-refractivity contribution < 1.29 is 29.0 Å². The highest BCUT2D eigenvalue weighted by atomic mass is 16.7. The first-order valence-corrected chi connectivity index (χ1v) is 7.05. The molecule has 0 aliphatic heterocycles. The first-order valence-electron chi connectivity index (χ1n) is 7.05. The molecule has 132 valence electrons. The maximum absolute atomic E-state index is 11.9. The van der Waals surface area contributed by atoms with Crippen LogP contribution in [0.25, 0.3) is 0 Å². The van der Waals surface area contributed by atoms with Gasteiger partial charge in [0.1, 0.15) is 0 Å². The van der Waals surface area contributed by atoms with Gasteiger partial charge in [0.15, 0.2) is 18.1 Å². The van der Waals surface area contributed by atoms with E-state index in [1.165, 1.54) is 14.2 Å². The first-order chi connectivity index (χ1) is 11.9. The minimum absolute atomic E-state index is 0.139. The predicted molar refractivity (Wildman–Crippen MR) is 87.3 cm³/mol. The number of aromatic nitrogens is 1.